The third-order valence-electron chi connectivity index (χ3n) is 3.17. The maximum Gasteiger partial charge on any atom is 0.417 e. The quantitative estimate of drug-likeness (QED) is 0.689. The highest BCUT2D eigenvalue weighted by atomic mass is 79.9. The molecule has 1 atom stereocenters. The summed E-state index contributed by atoms with van der Waals surface area (Å²) >= 11 is 10.1. The predicted molar refractivity (Wildman–Crippen MR) is 83.4 cm³/mol. The highest BCUT2D eigenvalue weighted by Crippen LogP contribution is 2.35. The molecule has 0 aliphatic carbocycles. The molecule has 0 aliphatic heterocycles. The third-order valence-corrected chi connectivity index (χ3v) is 4.34. The molecule has 2 aromatic carbocycles. The molecule has 3 aromatic rings. The van der Waals surface area contributed by atoms with E-state index >= 15 is 0 Å². The van der Waals surface area contributed by atoms with Crippen molar-refractivity contribution in [1.82, 2.24) is 4.98 Å². The molecule has 0 spiro atoms. The summed E-state index contributed by atoms with van der Waals surface area (Å²) in [5.41, 5.74) is 4.21. The van der Waals surface area contributed by atoms with E-state index in [1.165, 1.54) is 0 Å². The van der Waals surface area contributed by atoms with Crippen molar-refractivity contribution in [2.45, 2.75) is 12.3 Å². The van der Waals surface area contributed by atoms with Crippen LogP contribution >= 0.6 is 27.5 Å². The molecule has 1 aromatic heterocycles. The fourth-order valence-electron chi connectivity index (χ4n) is 2.14. The van der Waals surface area contributed by atoms with Crippen molar-refractivity contribution in [1.29, 1.82) is 0 Å². The molecule has 0 saturated carbocycles. The van der Waals surface area contributed by atoms with Gasteiger partial charge in [0.25, 0.3) is 0 Å². The van der Waals surface area contributed by atoms with Gasteiger partial charge in [-0.3, -0.25) is 4.98 Å². The Morgan fingerprint density at radius 3 is 2.80 bits per heavy atom. The minimum atomic E-state index is -0.459. The molecule has 3 nitrogen and oxygen atoms in total. The first kappa shape index (κ1) is 13.5. The van der Waals surface area contributed by atoms with Gasteiger partial charge in [0.1, 0.15) is 0 Å². The number of aromatic nitrogens is 1. The number of oxazole rings is 1. The minimum absolute atomic E-state index is 0.311. The van der Waals surface area contributed by atoms with Crippen LogP contribution in [0, 0.1) is 6.92 Å². The number of aryl methyl sites for hydroxylation is 1. The van der Waals surface area contributed by atoms with Crippen LogP contribution in [0.4, 0.5) is 0 Å². The second-order valence-corrected chi connectivity index (χ2v) is 5.95. The van der Waals surface area contributed by atoms with Gasteiger partial charge in [0.2, 0.25) is 0 Å². The summed E-state index contributed by atoms with van der Waals surface area (Å²) in [6.07, 6.45) is 0. The van der Waals surface area contributed by atoms with Crippen LogP contribution in [0.1, 0.15) is 22.1 Å². The van der Waals surface area contributed by atoms with Crippen molar-refractivity contribution < 1.29 is 4.42 Å². The molecule has 1 heterocycles. The van der Waals surface area contributed by atoms with Gasteiger partial charge >= 0.3 is 5.76 Å². The number of benzene rings is 2. The molecule has 3 rings (SSSR count). The smallest absolute Gasteiger partial charge is 0.408 e. The number of aromatic amines is 1. The van der Waals surface area contributed by atoms with Crippen LogP contribution in [0.25, 0.3) is 11.1 Å². The van der Waals surface area contributed by atoms with E-state index in [-0.39, 0.29) is 5.38 Å². The molecular weight excluding hydrogens is 342 g/mol. The van der Waals surface area contributed by atoms with E-state index in [2.05, 4.69) is 20.9 Å². The van der Waals surface area contributed by atoms with E-state index < -0.39 is 5.76 Å². The topological polar surface area (TPSA) is 46.0 Å². The lowest BCUT2D eigenvalue weighted by molar-refractivity contribution is 0.555. The maximum absolute atomic E-state index is 11.2. The Morgan fingerprint density at radius 1 is 1.25 bits per heavy atom. The Hall–Kier alpha value is -1.52. The minimum Gasteiger partial charge on any atom is -0.408 e. The largest absolute Gasteiger partial charge is 0.417 e. The fourth-order valence-corrected chi connectivity index (χ4v) is 3.32. The number of halogens is 2. The summed E-state index contributed by atoms with van der Waals surface area (Å²) in [7, 11) is 0. The van der Waals surface area contributed by atoms with Gasteiger partial charge in [-0.25, -0.2) is 4.79 Å². The second kappa shape index (κ2) is 5.11. The van der Waals surface area contributed by atoms with E-state index in [9.17, 15) is 4.79 Å². The van der Waals surface area contributed by atoms with E-state index in [4.69, 9.17) is 16.0 Å². The van der Waals surface area contributed by atoms with E-state index in [0.29, 0.717) is 11.1 Å². The predicted octanol–water partition coefficient (Wildman–Crippen LogP) is 4.52. The van der Waals surface area contributed by atoms with Gasteiger partial charge in [-0.2, -0.15) is 0 Å². The van der Waals surface area contributed by atoms with Crippen molar-refractivity contribution in [3.05, 3.63) is 68.1 Å². The van der Waals surface area contributed by atoms with Crippen molar-refractivity contribution in [2.75, 3.05) is 0 Å². The SMILES string of the molecule is Cc1ccc(C(Cl)c2ccc3[nH]c(=O)oc3c2)c(Br)c1. The lowest BCUT2D eigenvalue weighted by Crippen LogP contribution is -1.95. The molecule has 0 radical (unpaired) electrons. The summed E-state index contributed by atoms with van der Waals surface area (Å²) in [6.45, 7) is 2.03. The van der Waals surface area contributed by atoms with Crippen molar-refractivity contribution in [2.24, 2.45) is 0 Å². The number of rotatable bonds is 2. The maximum atomic E-state index is 11.2. The van der Waals surface area contributed by atoms with Gasteiger partial charge < -0.3 is 4.42 Å². The fraction of sp³-hybridized carbons (Fsp3) is 0.133. The molecule has 20 heavy (non-hydrogen) atoms. The Labute approximate surface area is 128 Å². The van der Waals surface area contributed by atoms with Crippen LogP contribution in [0.2, 0.25) is 0 Å². The van der Waals surface area contributed by atoms with Crippen molar-refractivity contribution >= 4 is 38.6 Å². The van der Waals surface area contributed by atoms with Gasteiger partial charge in [0, 0.05) is 4.47 Å². The Bertz CT molecular complexity index is 837. The molecular formula is C15H11BrClNO2. The van der Waals surface area contributed by atoms with E-state index in [1.54, 1.807) is 12.1 Å². The standard InChI is InChI=1S/C15H11BrClNO2/c1-8-2-4-10(11(16)6-8)14(17)9-3-5-12-13(7-9)20-15(19)18-12/h2-7,14H,1H3,(H,18,19). The summed E-state index contributed by atoms with van der Waals surface area (Å²) in [5, 5.41) is -0.311. The number of fused-ring (bicyclic) bond motifs is 1. The first-order valence-electron chi connectivity index (χ1n) is 6.07. The first-order chi connectivity index (χ1) is 9.54. The van der Waals surface area contributed by atoms with Crippen LogP contribution in [-0.4, -0.2) is 4.98 Å². The average molecular weight is 353 g/mol. The molecule has 0 bridgehead atoms. The van der Waals surface area contributed by atoms with Gasteiger partial charge in [0.15, 0.2) is 5.58 Å². The molecule has 0 amide bonds. The lowest BCUT2D eigenvalue weighted by Gasteiger charge is -2.12. The number of nitrogens with one attached hydrogen (secondary N) is 1. The van der Waals surface area contributed by atoms with E-state index in [1.807, 2.05) is 31.2 Å². The van der Waals surface area contributed by atoms with Crippen molar-refractivity contribution in [3.63, 3.8) is 0 Å². The third kappa shape index (κ3) is 2.41. The molecule has 0 aliphatic rings. The number of hydrogen-bond donors (Lipinski definition) is 1. The van der Waals surface area contributed by atoms with Crippen LogP contribution in [-0.2, 0) is 0 Å². The zero-order valence-electron chi connectivity index (χ0n) is 10.6. The average Bonchev–Trinajstić information content (AvgIpc) is 2.77. The van der Waals surface area contributed by atoms with Gasteiger partial charge in [-0.05, 0) is 41.8 Å². The van der Waals surface area contributed by atoms with Gasteiger partial charge in [-0.1, -0.05) is 34.1 Å². The summed E-state index contributed by atoms with van der Waals surface area (Å²) in [4.78, 5) is 13.8. The van der Waals surface area contributed by atoms with Crippen LogP contribution in [0.3, 0.4) is 0 Å². The number of hydrogen-bond acceptors (Lipinski definition) is 2. The Kier molecular flexibility index (Phi) is 3.44. The second-order valence-electron chi connectivity index (χ2n) is 4.66. The first-order valence-corrected chi connectivity index (χ1v) is 7.30. The van der Waals surface area contributed by atoms with Crippen LogP contribution in [0.5, 0.6) is 0 Å². The Morgan fingerprint density at radius 2 is 2.05 bits per heavy atom. The van der Waals surface area contributed by atoms with Crippen LogP contribution < -0.4 is 5.76 Å². The van der Waals surface area contributed by atoms with Crippen LogP contribution in [0.15, 0.2) is 50.1 Å². The normalized spacial score (nSPS) is 12.8. The molecule has 0 fully saturated rings. The highest BCUT2D eigenvalue weighted by molar-refractivity contribution is 9.10. The molecule has 0 saturated heterocycles. The highest BCUT2D eigenvalue weighted by Gasteiger charge is 2.15. The van der Waals surface area contributed by atoms with E-state index in [0.717, 1.165) is 21.2 Å². The molecule has 1 unspecified atom stereocenters. The Balaban J connectivity index is 2.06. The van der Waals surface area contributed by atoms with Gasteiger partial charge in [0.05, 0.1) is 10.9 Å². The summed E-state index contributed by atoms with van der Waals surface area (Å²) in [5.74, 6) is -0.459. The van der Waals surface area contributed by atoms with Gasteiger partial charge in [-0.15, -0.1) is 11.6 Å². The lowest BCUT2D eigenvalue weighted by atomic mass is 10.0. The zero-order valence-corrected chi connectivity index (χ0v) is 13.0. The number of H-pyrrole nitrogens is 1. The number of alkyl halides is 1. The van der Waals surface area contributed by atoms with Crippen molar-refractivity contribution in [3.8, 4) is 0 Å². The molecule has 102 valence electrons. The summed E-state index contributed by atoms with van der Waals surface area (Å²) in [6, 6.07) is 11.5. The zero-order chi connectivity index (χ0) is 14.3. The molecule has 1 N–H and O–H groups in total. The summed E-state index contributed by atoms with van der Waals surface area (Å²) < 4.78 is 6.03. The molecule has 5 heteroatoms. The monoisotopic (exact) mass is 351 g/mol.